The van der Waals surface area contributed by atoms with Gasteiger partial charge in [0.05, 0.1) is 5.60 Å². The zero-order valence-corrected chi connectivity index (χ0v) is 10.6. The Kier molecular flexibility index (Phi) is 9.16. The second-order valence-electron chi connectivity index (χ2n) is 3.99. The van der Waals surface area contributed by atoms with Crippen LogP contribution in [0.2, 0.25) is 0 Å². The number of rotatable bonds is 6. The van der Waals surface area contributed by atoms with Gasteiger partial charge in [-0.15, -0.1) is 0 Å². The molecule has 0 aromatic rings. The van der Waals surface area contributed by atoms with E-state index in [2.05, 4.69) is 0 Å². The van der Waals surface area contributed by atoms with Crippen molar-refractivity contribution in [3.8, 4) is 0 Å². The van der Waals surface area contributed by atoms with Gasteiger partial charge >= 0.3 is 0 Å². The summed E-state index contributed by atoms with van der Waals surface area (Å²) in [5.74, 6) is -2.59. The summed E-state index contributed by atoms with van der Waals surface area (Å²) in [5.41, 5.74) is 5.00. The van der Waals surface area contributed by atoms with Gasteiger partial charge in [0.25, 0.3) is 0 Å². The third kappa shape index (κ3) is 13.8. The monoisotopic (exact) mass is 225 g/mol. The molecule has 0 aliphatic carbocycles. The van der Waals surface area contributed by atoms with Crippen molar-refractivity contribution in [2.24, 2.45) is 5.73 Å². The number of nitrogens with two attached hydrogens (primary N) is 1. The van der Waals surface area contributed by atoms with Crippen LogP contribution >= 0.6 is 0 Å². The van der Waals surface area contributed by atoms with Gasteiger partial charge in [-0.3, -0.25) is 0 Å². The molecule has 0 spiro atoms. The summed E-state index contributed by atoms with van der Waals surface area (Å²) < 4.78 is 30.0. The molecule has 0 bridgehead atoms. The van der Waals surface area contributed by atoms with Gasteiger partial charge in [-0.1, -0.05) is 13.8 Å². The topological polar surface area (TPSA) is 35.2 Å². The minimum Gasteiger partial charge on any atom is -0.374 e. The molecule has 4 heteroatoms. The molecule has 2 nitrogen and oxygen atoms in total. The fraction of sp³-hybridized carbons (Fsp3) is 1.00. The predicted octanol–water partition coefficient (Wildman–Crippen LogP) is 3.20. The molecule has 0 aromatic heterocycles. The number of ether oxygens (including phenoxy) is 1. The Morgan fingerprint density at radius 3 is 1.93 bits per heavy atom. The lowest BCUT2D eigenvalue weighted by Crippen LogP contribution is -2.34. The van der Waals surface area contributed by atoms with Gasteiger partial charge in [0.2, 0.25) is 5.92 Å². The molecule has 2 N–H and O–H groups in total. The second-order valence-corrected chi connectivity index (χ2v) is 3.99. The zero-order chi connectivity index (χ0) is 12.5. The first-order chi connectivity index (χ1) is 6.77. The Hall–Kier alpha value is -0.220. The highest BCUT2D eigenvalue weighted by Crippen LogP contribution is 2.19. The number of hydrogen-bond donors (Lipinski definition) is 1. The Morgan fingerprint density at radius 2 is 1.60 bits per heavy atom. The SMILES string of the molecule is CC.CC(F)(F)CCCOC(C)(C)CN. The van der Waals surface area contributed by atoms with Crippen LogP contribution in [0.1, 0.15) is 47.5 Å². The smallest absolute Gasteiger partial charge is 0.245 e. The molecular formula is C11H25F2NO. The van der Waals surface area contributed by atoms with Crippen LogP contribution in [0.3, 0.4) is 0 Å². The van der Waals surface area contributed by atoms with Crippen molar-refractivity contribution < 1.29 is 13.5 Å². The van der Waals surface area contributed by atoms with Crippen LogP contribution in [0.15, 0.2) is 0 Å². The fourth-order valence-electron chi connectivity index (χ4n) is 0.790. The standard InChI is InChI=1S/C9H19F2NO.C2H6/c1-8(2,7-12)13-6-4-5-9(3,10)11;1-2/h4-7,12H2,1-3H3;1-2H3. The first-order valence-electron chi connectivity index (χ1n) is 5.49. The van der Waals surface area contributed by atoms with Gasteiger partial charge in [0.1, 0.15) is 0 Å². The van der Waals surface area contributed by atoms with E-state index in [1.165, 1.54) is 0 Å². The van der Waals surface area contributed by atoms with E-state index in [-0.39, 0.29) is 6.42 Å². The number of alkyl halides is 2. The molecule has 0 aromatic carbocycles. The van der Waals surface area contributed by atoms with Crippen molar-refractivity contribution in [3.05, 3.63) is 0 Å². The molecule has 0 atom stereocenters. The Labute approximate surface area is 92.2 Å². The Balaban J connectivity index is 0. The van der Waals surface area contributed by atoms with Crippen LogP contribution in [0.4, 0.5) is 8.78 Å². The van der Waals surface area contributed by atoms with Gasteiger partial charge in [0, 0.05) is 19.6 Å². The summed E-state index contributed by atoms with van der Waals surface area (Å²) in [6, 6.07) is 0. The molecular weight excluding hydrogens is 200 g/mol. The largest absolute Gasteiger partial charge is 0.374 e. The summed E-state index contributed by atoms with van der Waals surface area (Å²) in [5, 5.41) is 0. The van der Waals surface area contributed by atoms with Crippen LogP contribution in [0.25, 0.3) is 0 Å². The maximum atomic E-state index is 12.3. The molecule has 0 aliphatic rings. The highest BCUT2D eigenvalue weighted by Gasteiger charge is 2.21. The molecule has 0 aliphatic heterocycles. The van der Waals surface area contributed by atoms with E-state index in [1.54, 1.807) is 0 Å². The van der Waals surface area contributed by atoms with Crippen LogP contribution < -0.4 is 5.73 Å². The third-order valence-electron chi connectivity index (χ3n) is 1.74. The molecule has 0 heterocycles. The average Bonchev–Trinajstić information content (AvgIpc) is 2.15. The summed E-state index contributed by atoms with van der Waals surface area (Å²) >= 11 is 0. The van der Waals surface area contributed by atoms with E-state index in [4.69, 9.17) is 10.5 Å². The van der Waals surface area contributed by atoms with Gasteiger partial charge in [-0.25, -0.2) is 8.78 Å². The van der Waals surface area contributed by atoms with E-state index < -0.39 is 11.5 Å². The van der Waals surface area contributed by atoms with Crippen molar-refractivity contribution in [2.45, 2.75) is 59.0 Å². The molecule has 0 unspecified atom stereocenters. The van der Waals surface area contributed by atoms with Crippen LogP contribution in [0, 0.1) is 0 Å². The van der Waals surface area contributed by atoms with Gasteiger partial charge in [-0.05, 0) is 27.2 Å². The maximum absolute atomic E-state index is 12.3. The van der Waals surface area contributed by atoms with Gasteiger partial charge < -0.3 is 10.5 Å². The lowest BCUT2D eigenvalue weighted by Gasteiger charge is -2.23. The zero-order valence-electron chi connectivity index (χ0n) is 10.6. The molecule has 0 saturated heterocycles. The summed E-state index contributed by atoms with van der Waals surface area (Å²) in [6.07, 6.45) is 0.237. The van der Waals surface area contributed by atoms with Crippen molar-refractivity contribution in [1.82, 2.24) is 0 Å². The molecule has 15 heavy (non-hydrogen) atoms. The Morgan fingerprint density at radius 1 is 1.13 bits per heavy atom. The van der Waals surface area contributed by atoms with E-state index >= 15 is 0 Å². The van der Waals surface area contributed by atoms with E-state index in [0.717, 1.165) is 6.92 Å². The maximum Gasteiger partial charge on any atom is 0.245 e. The summed E-state index contributed by atoms with van der Waals surface area (Å²) in [4.78, 5) is 0. The quantitative estimate of drug-likeness (QED) is 0.704. The highest BCUT2D eigenvalue weighted by molar-refractivity contribution is 4.69. The first kappa shape index (κ1) is 17.2. The van der Waals surface area contributed by atoms with Crippen molar-refractivity contribution in [3.63, 3.8) is 0 Å². The second kappa shape index (κ2) is 7.99. The first-order valence-corrected chi connectivity index (χ1v) is 5.49. The van der Waals surface area contributed by atoms with Crippen molar-refractivity contribution in [1.29, 1.82) is 0 Å². The normalized spacial score (nSPS) is 12.0. The minimum atomic E-state index is -2.59. The number of hydrogen-bond acceptors (Lipinski definition) is 2. The minimum absolute atomic E-state index is 0.131. The van der Waals surface area contributed by atoms with E-state index in [9.17, 15) is 8.78 Å². The van der Waals surface area contributed by atoms with Crippen LogP contribution in [-0.2, 0) is 4.74 Å². The molecule has 94 valence electrons. The molecule has 0 fully saturated rings. The van der Waals surface area contributed by atoms with Crippen molar-refractivity contribution >= 4 is 0 Å². The van der Waals surface area contributed by atoms with Crippen LogP contribution in [0.5, 0.6) is 0 Å². The number of halogens is 2. The summed E-state index contributed by atoms with van der Waals surface area (Å²) in [7, 11) is 0. The predicted molar refractivity (Wildman–Crippen MR) is 60.3 cm³/mol. The van der Waals surface area contributed by atoms with Crippen molar-refractivity contribution in [2.75, 3.05) is 13.2 Å². The average molecular weight is 225 g/mol. The molecule has 0 rings (SSSR count). The highest BCUT2D eigenvalue weighted by atomic mass is 19.3. The lowest BCUT2D eigenvalue weighted by atomic mass is 10.1. The fourth-order valence-corrected chi connectivity index (χ4v) is 0.790. The Bertz CT molecular complexity index is 144. The summed E-state index contributed by atoms with van der Waals surface area (Å²) in [6.45, 7) is 9.35. The van der Waals surface area contributed by atoms with Gasteiger partial charge in [0.15, 0.2) is 0 Å². The molecule has 0 radical (unpaired) electrons. The van der Waals surface area contributed by atoms with E-state index in [1.807, 2.05) is 27.7 Å². The van der Waals surface area contributed by atoms with Gasteiger partial charge in [-0.2, -0.15) is 0 Å². The molecule has 0 saturated carbocycles. The lowest BCUT2D eigenvalue weighted by molar-refractivity contribution is -0.0338. The van der Waals surface area contributed by atoms with Crippen LogP contribution in [-0.4, -0.2) is 24.7 Å². The van der Waals surface area contributed by atoms with E-state index in [0.29, 0.717) is 19.6 Å². The third-order valence-corrected chi connectivity index (χ3v) is 1.74. The molecule has 0 amide bonds.